The number of carbonyl (C=O) groups excluding carboxylic acids is 1. The second-order valence-corrected chi connectivity index (χ2v) is 5.35. The fraction of sp³-hybridized carbons (Fsp3) is 0.462. The van der Waals surface area contributed by atoms with Gasteiger partial charge in [0.1, 0.15) is 5.75 Å². The summed E-state index contributed by atoms with van der Waals surface area (Å²) in [6.07, 6.45) is 0.742. The lowest BCUT2D eigenvalue weighted by molar-refractivity contribution is 0.0833. The highest BCUT2D eigenvalue weighted by Crippen LogP contribution is 2.35. The molecule has 1 rings (SSSR count). The lowest BCUT2D eigenvalue weighted by Gasteiger charge is -2.21. The van der Waals surface area contributed by atoms with Crippen LogP contribution in [-0.2, 0) is 0 Å². The second-order valence-electron chi connectivity index (χ2n) is 4.53. The predicted octanol–water partition coefficient (Wildman–Crippen LogP) is 4.62. The van der Waals surface area contributed by atoms with Gasteiger partial charge in [-0.2, -0.15) is 0 Å². The van der Waals surface area contributed by atoms with E-state index in [2.05, 4.69) is 0 Å². The van der Waals surface area contributed by atoms with E-state index >= 15 is 0 Å². The standard InChI is InChI=1S/C13H16Cl2O2/c1-5-13(2,3)12(16)8-6-10(15)11(17-4)7-9(8)14/h6-7H,5H2,1-4H3. The van der Waals surface area contributed by atoms with Gasteiger partial charge in [0.05, 0.1) is 17.2 Å². The Morgan fingerprint density at radius 1 is 1.29 bits per heavy atom. The van der Waals surface area contributed by atoms with Gasteiger partial charge in [-0.25, -0.2) is 0 Å². The van der Waals surface area contributed by atoms with E-state index < -0.39 is 5.41 Å². The van der Waals surface area contributed by atoms with Crippen LogP contribution in [0.1, 0.15) is 37.6 Å². The van der Waals surface area contributed by atoms with Gasteiger partial charge < -0.3 is 4.74 Å². The van der Waals surface area contributed by atoms with Gasteiger partial charge in [0.2, 0.25) is 0 Å². The van der Waals surface area contributed by atoms with Gasteiger partial charge >= 0.3 is 0 Å². The van der Waals surface area contributed by atoms with E-state index in [9.17, 15) is 4.79 Å². The van der Waals surface area contributed by atoms with Crippen molar-refractivity contribution in [3.05, 3.63) is 27.7 Å². The van der Waals surface area contributed by atoms with Crippen LogP contribution in [0.15, 0.2) is 12.1 Å². The Bertz CT molecular complexity index is 439. The van der Waals surface area contributed by atoms with Crippen molar-refractivity contribution in [3.8, 4) is 5.75 Å². The normalized spacial score (nSPS) is 11.4. The summed E-state index contributed by atoms with van der Waals surface area (Å²) in [5, 5.41) is 0.768. The molecule has 0 saturated carbocycles. The summed E-state index contributed by atoms with van der Waals surface area (Å²) in [6.45, 7) is 5.75. The molecule has 1 aromatic rings. The Balaban J connectivity index is 3.25. The summed E-state index contributed by atoms with van der Waals surface area (Å²) >= 11 is 12.1. The number of ether oxygens (including phenoxy) is 1. The largest absolute Gasteiger partial charge is 0.495 e. The van der Waals surface area contributed by atoms with Crippen LogP contribution in [0.25, 0.3) is 0 Å². The first-order valence-corrected chi connectivity index (χ1v) is 6.17. The fourth-order valence-corrected chi connectivity index (χ4v) is 1.86. The quantitative estimate of drug-likeness (QED) is 0.749. The first-order chi connectivity index (χ1) is 7.83. The van der Waals surface area contributed by atoms with Gasteiger partial charge in [0.15, 0.2) is 5.78 Å². The van der Waals surface area contributed by atoms with E-state index in [1.807, 2.05) is 20.8 Å². The summed E-state index contributed by atoms with van der Waals surface area (Å²) < 4.78 is 5.04. The molecule has 0 amide bonds. The summed E-state index contributed by atoms with van der Waals surface area (Å²) in [7, 11) is 1.51. The molecule has 0 unspecified atom stereocenters. The highest BCUT2D eigenvalue weighted by Gasteiger charge is 2.28. The van der Waals surface area contributed by atoms with Crippen LogP contribution in [0, 0.1) is 5.41 Å². The molecular formula is C13H16Cl2O2. The van der Waals surface area contributed by atoms with Gasteiger partial charge in [-0.1, -0.05) is 44.0 Å². The van der Waals surface area contributed by atoms with Gasteiger partial charge in [-0.15, -0.1) is 0 Å². The molecule has 0 aliphatic carbocycles. The maximum absolute atomic E-state index is 12.3. The average molecular weight is 275 g/mol. The molecule has 0 fully saturated rings. The lowest BCUT2D eigenvalue weighted by atomic mass is 9.82. The Labute approximate surface area is 112 Å². The van der Waals surface area contributed by atoms with E-state index in [1.54, 1.807) is 12.1 Å². The number of carbonyl (C=O) groups is 1. The number of methoxy groups -OCH3 is 1. The molecule has 1 aromatic carbocycles. The summed E-state index contributed by atoms with van der Waals surface area (Å²) in [5.74, 6) is 0.470. The first kappa shape index (κ1) is 14.3. The van der Waals surface area contributed by atoms with Crippen molar-refractivity contribution < 1.29 is 9.53 Å². The van der Waals surface area contributed by atoms with Crippen LogP contribution in [0.2, 0.25) is 10.0 Å². The molecule has 0 aromatic heterocycles. The van der Waals surface area contributed by atoms with Crippen LogP contribution < -0.4 is 4.74 Å². The van der Waals surface area contributed by atoms with E-state index in [4.69, 9.17) is 27.9 Å². The molecule has 0 spiro atoms. The zero-order valence-electron chi connectivity index (χ0n) is 10.4. The number of hydrogen-bond donors (Lipinski definition) is 0. The van der Waals surface area contributed by atoms with Gasteiger partial charge in [-0.3, -0.25) is 4.79 Å². The maximum atomic E-state index is 12.3. The molecule has 0 N–H and O–H groups in total. The molecule has 0 aliphatic rings. The van der Waals surface area contributed by atoms with E-state index in [1.165, 1.54) is 7.11 Å². The molecule has 17 heavy (non-hydrogen) atoms. The highest BCUT2D eigenvalue weighted by molar-refractivity contribution is 6.37. The van der Waals surface area contributed by atoms with Crippen molar-refractivity contribution in [1.82, 2.24) is 0 Å². The first-order valence-electron chi connectivity index (χ1n) is 5.41. The lowest BCUT2D eigenvalue weighted by Crippen LogP contribution is -2.23. The third-order valence-electron chi connectivity index (χ3n) is 2.98. The SMILES string of the molecule is CCC(C)(C)C(=O)c1cc(Cl)c(OC)cc1Cl. The van der Waals surface area contributed by atoms with Crippen molar-refractivity contribution in [1.29, 1.82) is 0 Å². The van der Waals surface area contributed by atoms with Crippen molar-refractivity contribution >= 4 is 29.0 Å². The average Bonchev–Trinajstić information content (AvgIpc) is 2.30. The molecule has 0 aliphatic heterocycles. The molecule has 0 heterocycles. The molecule has 0 radical (unpaired) electrons. The molecule has 94 valence electrons. The van der Waals surface area contributed by atoms with Crippen molar-refractivity contribution in [2.24, 2.45) is 5.41 Å². The number of Topliss-reactive ketones (excluding diaryl/α,β-unsaturated/α-hetero) is 1. The molecular weight excluding hydrogens is 259 g/mol. The Morgan fingerprint density at radius 3 is 2.35 bits per heavy atom. The zero-order valence-corrected chi connectivity index (χ0v) is 11.9. The maximum Gasteiger partial charge on any atom is 0.169 e. The number of hydrogen-bond acceptors (Lipinski definition) is 2. The zero-order chi connectivity index (χ0) is 13.2. The molecule has 4 heteroatoms. The highest BCUT2D eigenvalue weighted by atomic mass is 35.5. The predicted molar refractivity (Wildman–Crippen MR) is 71.4 cm³/mol. The molecule has 0 bridgehead atoms. The van der Waals surface area contributed by atoms with Crippen LogP contribution >= 0.6 is 23.2 Å². The summed E-state index contributed by atoms with van der Waals surface area (Å²) in [6, 6.07) is 3.14. The van der Waals surface area contributed by atoms with Crippen LogP contribution in [0.4, 0.5) is 0 Å². The van der Waals surface area contributed by atoms with Crippen LogP contribution in [-0.4, -0.2) is 12.9 Å². The number of benzene rings is 1. The van der Waals surface area contributed by atoms with Gasteiger partial charge in [0.25, 0.3) is 0 Å². The van der Waals surface area contributed by atoms with Crippen LogP contribution in [0.3, 0.4) is 0 Å². The minimum absolute atomic E-state index is 0.00504. The number of rotatable bonds is 4. The summed E-state index contributed by atoms with van der Waals surface area (Å²) in [5.41, 5.74) is 0.00554. The molecule has 2 nitrogen and oxygen atoms in total. The number of ketones is 1. The van der Waals surface area contributed by atoms with E-state index in [0.29, 0.717) is 21.4 Å². The van der Waals surface area contributed by atoms with Crippen molar-refractivity contribution in [2.75, 3.05) is 7.11 Å². The van der Waals surface area contributed by atoms with Crippen molar-refractivity contribution in [3.63, 3.8) is 0 Å². The van der Waals surface area contributed by atoms with Gasteiger partial charge in [-0.05, 0) is 12.5 Å². The Kier molecular flexibility index (Phi) is 4.45. The second kappa shape index (κ2) is 5.28. The van der Waals surface area contributed by atoms with Crippen molar-refractivity contribution in [2.45, 2.75) is 27.2 Å². The Hall–Kier alpha value is -0.730. The fourth-order valence-electron chi connectivity index (χ4n) is 1.38. The third-order valence-corrected chi connectivity index (χ3v) is 3.59. The smallest absolute Gasteiger partial charge is 0.169 e. The van der Waals surface area contributed by atoms with E-state index in [0.717, 1.165) is 6.42 Å². The minimum Gasteiger partial charge on any atom is -0.495 e. The topological polar surface area (TPSA) is 26.3 Å². The van der Waals surface area contributed by atoms with Gasteiger partial charge in [0, 0.05) is 17.0 Å². The molecule has 0 saturated heterocycles. The van der Waals surface area contributed by atoms with Crippen LogP contribution in [0.5, 0.6) is 5.75 Å². The number of halogens is 2. The summed E-state index contributed by atoms with van der Waals surface area (Å²) in [4.78, 5) is 12.3. The minimum atomic E-state index is -0.443. The monoisotopic (exact) mass is 274 g/mol. The molecule has 0 atom stereocenters. The Morgan fingerprint density at radius 2 is 1.88 bits per heavy atom. The van der Waals surface area contributed by atoms with E-state index in [-0.39, 0.29) is 5.78 Å². The third kappa shape index (κ3) is 2.93.